The number of rotatable bonds is 3. The van der Waals surface area contributed by atoms with E-state index in [9.17, 15) is 9.90 Å². The third-order valence-electron chi connectivity index (χ3n) is 2.50. The molecule has 1 unspecified atom stereocenters. The number of carboxylic acids is 1. The first-order valence-corrected chi connectivity index (χ1v) is 5.51. The lowest BCUT2D eigenvalue weighted by atomic mass is 10.1. The smallest absolute Gasteiger partial charge is 0.337 e. The number of carbonyl (C=O) groups is 1. The zero-order chi connectivity index (χ0) is 13.3. The second-order valence-electron chi connectivity index (χ2n) is 3.57. The van der Waals surface area contributed by atoms with Crippen LogP contribution in [-0.2, 0) is 4.79 Å². The molecule has 0 saturated carbocycles. The molecule has 0 amide bonds. The number of ether oxygens (including phenoxy) is 3. The monoisotopic (exact) mass is 274 g/mol. The van der Waals surface area contributed by atoms with Gasteiger partial charge in [-0.3, -0.25) is 0 Å². The predicted molar refractivity (Wildman–Crippen MR) is 61.6 cm³/mol. The van der Waals surface area contributed by atoms with Crippen molar-refractivity contribution in [1.29, 1.82) is 0 Å². The van der Waals surface area contributed by atoms with E-state index in [0.29, 0.717) is 12.4 Å². The highest BCUT2D eigenvalue weighted by Gasteiger charge is 2.30. The highest BCUT2D eigenvalue weighted by Crippen LogP contribution is 2.46. The maximum atomic E-state index is 10.9. The minimum atomic E-state index is -1.80. The van der Waals surface area contributed by atoms with Crippen LogP contribution in [-0.4, -0.2) is 36.5 Å². The molecule has 0 fully saturated rings. The van der Waals surface area contributed by atoms with Crippen LogP contribution in [0.15, 0.2) is 6.07 Å². The van der Waals surface area contributed by atoms with Gasteiger partial charge >= 0.3 is 5.97 Å². The van der Waals surface area contributed by atoms with E-state index in [2.05, 4.69) is 0 Å². The molecule has 0 aliphatic carbocycles. The summed E-state index contributed by atoms with van der Waals surface area (Å²) >= 11 is 6.00. The molecule has 18 heavy (non-hydrogen) atoms. The molecule has 1 aromatic carbocycles. The van der Waals surface area contributed by atoms with Crippen LogP contribution < -0.4 is 14.2 Å². The Hall–Kier alpha value is -1.66. The van der Waals surface area contributed by atoms with E-state index >= 15 is 0 Å². The minimum Gasteiger partial charge on any atom is -0.495 e. The number of carboxylic acid groups (broad SMARTS) is 1. The first kappa shape index (κ1) is 12.8. The summed E-state index contributed by atoms with van der Waals surface area (Å²) in [6.07, 6.45) is -1.80. The van der Waals surface area contributed by atoms with Crippen molar-refractivity contribution >= 4 is 17.6 Å². The van der Waals surface area contributed by atoms with Crippen molar-refractivity contribution in [2.75, 3.05) is 20.3 Å². The molecule has 6 nitrogen and oxygen atoms in total. The lowest BCUT2D eigenvalue weighted by Crippen LogP contribution is -2.20. The SMILES string of the molecule is COc1cc2c(c(C(O)C(=O)O)c1Cl)OCCO2. The molecule has 0 saturated heterocycles. The molecule has 2 rings (SSSR count). The van der Waals surface area contributed by atoms with Gasteiger partial charge in [0.2, 0.25) is 0 Å². The van der Waals surface area contributed by atoms with Gasteiger partial charge in [0.15, 0.2) is 17.6 Å². The molecule has 1 atom stereocenters. The first-order chi connectivity index (χ1) is 8.56. The maximum absolute atomic E-state index is 10.9. The molecular weight excluding hydrogens is 264 g/mol. The molecule has 2 N–H and O–H groups in total. The standard InChI is InChI=1S/C11H11ClO6/c1-16-5-4-6-10(18-3-2-17-6)7(8(5)12)9(13)11(14)15/h4,9,13H,2-3H2,1H3,(H,14,15). The molecule has 1 aromatic rings. The fourth-order valence-electron chi connectivity index (χ4n) is 1.68. The fraction of sp³-hybridized carbons (Fsp3) is 0.364. The Kier molecular flexibility index (Phi) is 3.49. The van der Waals surface area contributed by atoms with Crippen LogP contribution in [0.4, 0.5) is 0 Å². The van der Waals surface area contributed by atoms with Crippen molar-refractivity contribution in [3.63, 3.8) is 0 Å². The van der Waals surface area contributed by atoms with Crippen LogP contribution >= 0.6 is 11.6 Å². The van der Waals surface area contributed by atoms with Gasteiger partial charge in [0.1, 0.15) is 19.0 Å². The third kappa shape index (κ3) is 2.04. The number of hydrogen-bond donors (Lipinski definition) is 2. The molecule has 0 radical (unpaired) electrons. The molecule has 98 valence electrons. The lowest BCUT2D eigenvalue weighted by Gasteiger charge is -2.24. The second-order valence-corrected chi connectivity index (χ2v) is 3.95. The molecule has 0 aromatic heterocycles. The molecule has 0 spiro atoms. The highest BCUT2D eigenvalue weighted by molar-refractivity contribution is 6.33. The van der Waals surface area contributed by atoms with E-state index in [-0.39, 0.29) is 28.7 Å². The van der Waals surface area contributed by atoms with Gasteiger partial charge in [0, 0.05) is 6.07 Å². The molecule has 7 heteroatoms. The minimum absolute atomic E-state index is 0.00310. The van der Waals surface area contributed by atoms with E-state index in [1.165, 1.54) is 13.2 Å². The van der Waals surface area contributed by atoms with Gasteiger partial charge < -0.3 is 24.4 Å². The summed E-state index contributed by atoms with van der Waals surface area (Å²) in [5.41, 5.74) is -0.0572. The van der Waals surface area contributed by atoms with Gasteiger partial charge in [-0.1, -0.05) is 11.6 Å². The zero-order valence-corrected chi connectivity index (χ0v) is 10.2. The number of aliphatic hydroxyl groups is 1. The van der Waals surface area contributed by atoms with Gasteiger partial charge in [0.25, 0.3) is 0 Å². The van der Waals surface area contributed by atoms with E-state index in [1.54, 1.807) is 0 Å². The van der Waals surface area contributed by atoms with Crippen LogP contribution in [0, 0.1) is 0 Å². The average Bonchev–Trinajstić information content (AvgIpc) is 2.37. The maximum Gasteiger partial charge on any atom is 0.337 e. The largest absolute Gasteiger partial charge is 0.495 e. The van der Waals surface area contributed by atoms with E-state index in [4.69, 9.17) is 30.9 Å². The van der Waals surface area contributed by atoms with Gasteiger partial charge in [-0.25, -0.2) is 4.79 Å². The molecule has 1 heterocycles. The van der Waals surface area contributed by atoms with Gasteiger partial charge in [-0.2, -0.15) is 0 Å². The number of aliphatic carboxylic acids is 1. The Bertz CT molecular complexity index is 487. The summed E-state index contributed by atoms with van der Waals surface area (Å²) in [4.78, 5) is 10.9. The summed E-state index contributed by atoms with van der Waals surface area (Å²) in [6.45, 7) is 0.593. The average molecular weight is 275 g/mol. The molecule has 1 aliphatic heterocycles. The molecule has 1 aliphatic rings. The van der Waals surface area contributed by atoms with Crippen molar-refractivity contribution in [2.45, 2.75) is 6.10 Å². The Morgan fingerprint density at radius 3 is 2.78 bits per heavy atom. The number of benzene rings is 1. The Morgan fingerprint density at radius 2 is 2.17 bits per heavy atom. The fourth-order valence-corrected chi connectivity index (χ4v) is 2.00. The lowest BCUT2D eigenvalue weighted by molar-refractivity contribution is -0.147. The van der Waals surface area contributed by atoms with E-state index < -0.39 is 12.1 Å². The van der Waals surface area contributed by atoms with Crippen molar-refractivity contribution < 1.29 is 29.2 Å². The number of halogens is 1. The van der Waals surface area contributed by atoms with Crippen molar-refractivity contribution in [3.05, 3.63) is 16.7 Å². The predicted octanol–water partition coefficient (Wildman–Crippen LogP) is 1.24. The summed E-state index contributed by atoms with van der Waals surface area (Å²) in [5.74, 6) is -0.766. The zero-order valence-electron chi connectivity index (χ0n) is 9.47. The van der Waals surface area contributed by atoms with Crippen LogP contribution in [0.5, 0.6) is 17.2 Å². The highest BCUT2D eigenvalue weighted by atomic mass is 35.5. The molecule has 0 bridgehead atoms. The number of fused-ring (bicyclic) bond motifs is 1. The van der Waals surface area contributed by atoms with Crippen molar-refractivity contribution in [2.24, 2.45) is 0 Å². The van der Waals surface area contributed by atoms with Crippen molar-refractivity contribution in [3.8, 4) is 17.2 Å². The number of hydrogen-bond acceptors (Lipinski definition) is 5. The number of aliphatic hydroxyl groups excluding tert-OH is 1. The van der Waals surface area contributed by atoms with Gasteiger partial charge in [-0.05, 0) is 0 Å². The van der Waals surface area contributed by atoms with Gasteiger partial charge in [-0.15, -0.1) is 0 Å². The third-order valence-corrected chi connectivity index (χ3v) is 2.89. The summed E-state index contributed by atoms with van der Waals surface area (Å²) < 4.78 is 15.7. The summed E-state index contributed by atoms with van der Waals surface area (Å²) in [5, 5.41) is 18.6. The topological polar surface area (TPSA) is 85.2 Å². The second kappa shape index (κ2) is 4.91. The van der Waals surface area contributed by atoms with E-state index in [1.807, 2.05) is 0 Å². The Balaban J connectivity index is 2.63. The Labute approximate surface area is 108 Å². The normalized spacial score (nSPS) is 15.1. The van der Waals surface area contributed by atoms with Crippen LogP contribution in [0.1, 0.15) is 11.7 Å². The quantitative estimate of drug-likeness (QED) is 0.862. The van der Waals surface area contributed by atoms with E-state index in [0.717, 1.165) is 0 Å². The van der Waals surface area contributed by atoms with Crippen LogP contribution in [0.2, 0.25) is 5.02 Å². The number of methoxy groups -OCH3 is 1. The molecular formula is C11H11ClO6. The van der Waals surface area contributed by atoms with Crippen LogP contribution in [0.25, 0.3) is 0 Å². The Morgan fingerprint density at radius 1 is 1.50 bits per heavy atom. The summed E-state index contributed by atoms with van der Waals surface area (Å²) in [7, 11) is 1.38. The van der Waals surface area contributed by atoms with Crippen LogP contribution in [0.3, 0.4) is 0 Å². The van der Waals surface area contributed by atoms with Gasteiger partial charge in [0.05, 0.1) is 17.7 Å². The first-order valence-electron chi connectivity index (χ1n) is 5.13. The van der Waals surface area contributed by atoms with Crippen molar-refractivity contribution in [1.82, 2.24) is 0 Å². The summed E-state index contributed by atoms with van der Waals surface area (Å²) in [6, 6.07) is 1.49.